The molecule has 1 aromatic carbocycles. The van der Waals surface area contributed by atoms with Crippen molar-refractivity contribution in [1.82, 2.24) is 10.3 Å². The number of H-pyrrole nitrogens is 1. The van der Waals surface area contributed by atoms with Crippen LogP contribution in [0.2, 0.25) is 5.02 Å². The van der Waals surface area contributed by atoms with Gasteiger partial charge in [0, 0.05) is 28.7 Å². The van der Waals surface area contributed by atoms with Crippen molar-refractivity contribution in [3.05, 3.63) is 35.0 Å². The molecule has 1 atom stereocenters. The van der Waals surface area contributed by atoms with Crippen LogP contribution in [-0.4, -0.2) is 23.5 Å². The molecule has 4 nitrogen and oxygen atoms in total. The van der Waals surface area contributed by atoms with Crippen LogP contribution in [0.3, 0.4) is 0 Å². The average molecular weight is 302 g/mol. The quantitative estimate of drug-likeness (QED) is 0.810. The Labute approximate surface area is 123 Å². The Balaban J connectivity index is 0.00000180. The summed E-state index contributed by atoms with van der Waals surface area (Å²) in [5.41, 5.74) is 7.66. The zero-order chi connectivity index (χ0) is 13.1. The molecule has 0 aliphatic carbocycles. The minimum Gasteiger partial charge on any atom is -0.361 e. The normalized spacial score (nSPS) is 11.9. The van der Waals surface area contributed by atoms with E-state index in [1.165, 1.54) is 0 Å². The van der Waals surface area contributed by atoms with Gasteiger partial charge in [0.1, 0.15) is 0 Å². The second-order valence-electron chi connectivity index (χ2n) is 4.33. The molecular weight excluding hydrogens is 285 g/mol. The number of rotatable bonds is 4. The highest BCUT2D eigenvalue weighted by molar-refractivity contribution is 6.31. The van der Waals surface area contributed by atoms with E-state index in [0.717, 1.165) is 22.9 Å². The van der Waals surface area contributed by atoms with Crippen LogP contribution >= 0.6 is 24.0 Å². The largest absolute Gasteiger partial charge is 0.361 e. The van der Waals surface area contributed by atoms with E-state index in [1.54, 1.807) is 6.92 Å². The van der Waals surface area contributed by atoms with Crippen LogP contribution in [0.25, 0.3) is 10.9 Å². The average Bonchev–Trinajstić information content (AvgIpc) is 2.71. The van der Waals surface area contributed by atoms with E-state index < -0.39 is 6.04 Å². The molecule has 0 aliphatic rings. The standard InChI is InChI=1S/C13H16ClN3O.ClH/c1-8(15)13(18)16-5-4-9-7-17-12-3-2-10(14)6-11(9)12;/h2-3,6-8,17H,4-5,15H2,1H3,(H,16,18);1H/t8-;/m1./s1. The highest BCUT2D eigenvalue weighted by Crippen LogP contribution is 2.22. The number of nitrogens with two attached hydrogens (primary N) is 1. The molecule has 104 valence electrons. The summed E-state index contributed by atoms with van der Waals surface area (Å²) in [6, 6.07) is 5.25. The molecule has 2 aromatic rings. The van der Waals surface area contributed by atoms with Crippen molar-refractivity contribution in [1.29, 1.82) is 0 Å². The molecule has 2 rings (SSSR count). The lowest BCUT2D eigenvalue weighted by atomic mass is 10.1. The minimum absolute atomic E-state index is 0. The summed E-state index contributed by atoms with van der Waals surface area (Å²) in [6.07, 6.45) is 2.69. The van der Waals surface area contributed by atoms with Crippen molar-refractivity contribution in [3.63, 3.8) is 0 Å². The topological polar surface area (TPSA) is 70.9 Å². The lowest BCUT2D eigenvalue weighted by Gasteiger charge is -2.07. The van der Waals surface area contributed by atoms with Gasteiger partial charge in [0.25, 0.3) is 0 Å². The van der Waals surface area contributed by atoms with Crippen LogP contribution < -0.4 is 11.1 Å². The van der Waals surface area contributed by atoms with Crippen molar-refractivity contribution in [2.24, 2.45) is 5.73 Å². The Kier molecular flexibility index (Phi) is 5.66. The van der Waals surface area contributed by atoms with Gasteiger partial charge in [-0.2, -0.15) is 0 Å². The SMILES string of the molecule is C[C@@H](N)C(=O)NCCc1c[nH]c2ccc(Cl)cc12.Cl. The number of fused-ring (bicyclic) bond motifs is 1. The van der Waals surface area contributed by atoms with Crippen LogP contribution in [0.5, 0.6) is 0 Å². The molecule has 1 amide bonds. The summed E-state index contributed by atoms with van der Waals surface area (Å²) < 4.78 is 0. The molecule has 0 bridgehead atoms. The third-order valence-corrected chi connectivity index (χ3v) is 3.07. The van der Waals surface area contributed by atoms with Gasteiger partial charge in [-0.25, -0.2) is 0 Å². The van der Waals surface area contributed by atoms with Crippen molar-refractivity contribution in [3.8, 4) is 0 Å². The minimum atomic E-state index is -0.470. The van der Waals surface area contributed by atoms with E-state index in [1.807, 2.05) is 24.4 Å². The fourth-order valence-corrected chi connectivity index (χ4v) is 2.01. The van der Waals surface area contributed by atoms with Gasteiger partial charge in [0.05, 0.1) is 6.04 Å². The van der Waals surface area contributed by atoms with Gasteiger partial charge < -0.3 is 16.0 Å². The fraction of sp³-hybridized carbons (Fsp3) is 0.308. The smallest absolute Gasteiger partial charge is 0.236 e. The Hall–Kier alpha value is -1.23. The first-order valence-corrected chi connectivity index (χ1v) is 6.24. The molecular formula is C13H17Cl2N3O. The van der Waals surface area contributed by atoms with Gasteiger partial charge in [-0.05, 0) is 37.1 Å². The van der Waals surface area contributed by atoms with Gasteiger partial charge >= 0.3 is 0 Å². The maximum atomic E-state index is 11.3. The Bertz CT molecular complexity index is 566. The van der Waals surface area contributed by atoms with Crippen molar-refractivity contribution < 1.29 is 4.79 Å². The Morgan fingerprint density at radius 1 is 1.53 bits per heavy atom. The maximum absolute atomic E-state index is 11.3. The second-order valence-corrected chi connectivity index (χ2v) is 4.77. The number of benzene rings is 1. The van der Waals surface area contributed by atoms with Crippen LogP contribution in [-0.2, 0) is 11.2 Å². The predicted octanol–water partition coefficient (Wildman–Crippen LogP) is 2.25. The molecule has 19 heavy (non-hydrogen) atoms. The molecule has 0 aliphatic heterocycles. The van der Waals surface area contributed by atoms with Crippen LogP contribution in [0.4, 0.5) is 0 Å². The van der Waals surface area contributed by atoms with E-state index >= 15 is 0 Å². The summed E-state index contributed by atoms with van der Waals surface area (Å²) in [5, 5.41) is 4.59. The molecule has 0 saturated carbocycles. The third kappa shape index (κ3) is 3.86. The number of carbonyl (C=O) groups is 1. The number of hydrogen-bond donors (Lipinski definition) is 3. The number of halogens is 2. The zero-order valence-corrected chi connectivity index (χ0v) is 12.1. The lowest BCUT2D eigenvalue weighted by Crippen LogP contribution is -2.39. The highest BCUT2D eigenvalue weighted by Gasteiger charge is 2.07. The summed E-state index contributed by atoms with van der Waals surface area (Å²) in [6.45, 7) is 2.24. The number of amides is 1. The van der Waals surface area contributed by atoms with Gasteiger partial charge in [0.15, 0.2) is 0 Å². The molecule has 1 aromatic heterocycles. The van der Waals surface area contributed by atoms with Crippen molar-refractivity contribution in [2.45, 2.75) is 19.4 Å². The van der Waals surface area contributed by atoms with E-state index in [9.17, 15) is 4.79 Å². The monoisotopic (exact) mass is 301 g/mol. The summed E-state index contributed by atoms with van der Waals surface area (Å²) >= 11 is 5.97. The van der Waals surface area contributed by atoms with E-state index in [0.29, 0.717) is 11.6 Å². The van der Waals surface area contributed by atoms with Crippen LogP contribution in [0.1, 0.15) is 12.5 Å². The Morgan fingerprint density at radius 3 is 2.95 bits per heavy atom. The number of aromatic nitrogens is 1. The summed E-state index contributed by atoms with van der Waals surface area (Å²) in [7, 11) is 0. The number of carbonyl (C=O) groups excluding carboxylic acids is 1. The molecule has 0 spiro atoms. The first-order valence-electron chi connectivity index (χ1n) is 5.86. The van der Waals surface area contributed by atoms with Gasteiger partial charge in [-0.1, -0.05) is 11.6 Å². The molecule has 6 heteroatoms. The van der Waals surface area contributed by atoms with E-state index in [4.69, 9.17) is 17.3 Å². The number of hydrogen-bond acceptors (Lipinski definition) is 2. The first kappa shape index (κ1) is 15.8. The number of nitrogens with one attached hydrogen (secondary N) is 2. The van der Waals surface area contributed by atoms with Gasteiger partial charge in [-0.15, -0.1) is 12.4 Å². The molecule has 1 heterocycles. The molecule has 0 saturated heterocycles. The van der Waals surface area contributed by atoms with Crippen LogP contribution in [0, 0.1) is 0 Å². The van der Waals surface area contributed by atoms with Gasteiger partial charge in [-0.3, -0.25) is 4.79 Å². The zero-order valence-electron chi connectivity index (χ0n) is 10.6. The Morgan fingerprint density at radius 2 is 2.26 bits per heavy atom. The summed E-state index contributed by atoms with van der Waals surface area (Å²) in [5.74, 6) is -0.132. The van der Waals surface area contributed by atoms with Crippen molar-refractivity contribution in [2.75, 3.05) is 6.54 Å². The lowest BCUT2D eigenvalue weighted by molar-refractivity contribution is -0.121. The first-order chi connectivity index (χ1) is 8.58. The van der Waals surface area contributed by atoms with Crippen molar-refractivity contribution >= 4 is 40.8 Å². The van der Waals surface area contributed by atoms with Gasteiger partial charge in [0.2, 0.25) is 5.91 Å². The molecule has 4 N–H and O–H groups in total. The van der Waals surface area contributed by atoms with E-state index in [-0.39, 0.29) is 18.3 Å². The predicted molar refractivity (Wildman–Crippen MR) is 80.9 cm³/mol. The molecule has 0 radical (unpaired) electrons. The molecule has 0 unspecified atom stereocenters. The third-order valence-electron chi connectivity index (χ3n) is 2.84. The highest BCUT2D eigenvalue weighted by atomic mass is 35.5. The fourth-order valence-electron chi connectivity index (χ4n) is 1.84. The van der Waals surface area contributed by atoms with Crippen LogP contribution in [0.15, 0.2) is 24.4 Å². The number of aromatic amines is 1. The summed E-state index contributed by atoms with van der Waals surface area (Å²) in [4.78, 5) is 14.5. The molecule has 0 fully saturated rings. The second kappa shape index (κ2) is 6.80. The van der Waals surface area contributed by atoms with E-state index in [2.05, 4.69) is 10.3 Å². The maximum Gasteiger partial charge on any atom is 0.236 e.